The van der Waals surface area contributed by atoms with E-state index >= 15 is 0 Å². The second-order valence-electron chi connectivity index (χ2n) is 0.860. The average Bonchev–Trinajstić information content (AvgIpc) is 2.08. The Kier molecular flexibility index (Phi) is 247. The van der Waals surface area contributed by atoms with Crippen LogP contribution >= 0.6 is 98.4 Å². The van der Waals surface area contributed by atoms with Crippen LogP contribution in [0, 0.1) is 0 Å². The molecule has 0 fully saturated rings. The Morgan fingerprint density at radius 2 is 1.33 bits per heavy atom. The summed E-state index contributed by atoms with van der Waals surface area (Å²) in [6, 6.07) is 0. The molecular weight excluding hydrogens is 1080 g/mol. The maximum absolute atomic E-state index is 9.00. The molecule has 0 rings (SSSR count). The number of hydrogen-bond acceptors (Lipinski definition) is 3. The molecule has 0 bridgehead atoms. The van der Waals surface area contributed by atoms with Crippen molar-refractivity contribution in [3.63, 3.8) is 0 Å². The molecular formula is C5H14I6O5Y2-2. The largest absolute Gasteiger partial charge is 0.412 e. The zero-order valence-corrected chi connectivity index (χ0v) is 27.4. The first-order chi connectivity index (χ1) is 6.06. The number of rotatable bonds is 1. The molecule has 0 aliphatic rings. The minimum absolute atomic E-state index is 0. The van der Waals surface area contributed by atoms with Crippen LogP contribution in [0.25, 0.3) is 0 Å². The van der Waals surface area contributed by atoms with Crippen LogP contribution < -0.4 is 13.3 Å². The summed E-state index contributed by atoms with van der Waals surface area (Å²) < 4.78 is 3.74. The molecule has 2 radical (unpaired) electrons. The second-order valence-corrected chi connectivity index (χ2v) is 17.1. The fourth-order valence-corrected chi connectivity index (χ4v) is 0. The molecule has 0 aromatic carbocycles. The fourth-order valence-electron chi connectivity index (χ4n) is 0. The van der Waals surface area contributed by atoms with Gasteiger partial charge in [0.2, 0.25) is 0 Å². The summed E-state index contributed by atoms with van der Waals surface area (Å²) in [5, 5.41) is 7.42. The second kappa shape index (κ2) is 78.7. The van der Waals surface area contributed by atoms with Gasteiger partial charge in [-0.2, -0.15) is 0 Å². The summed E-state index contributed by atoms with van der Waals surface area (Å²) in [6.07, 6.45) is 0. The van der Waals surface area contributed by atoms with Crippen LogP contribution in [0.3, 0.4) is 0 Å². The van der Waals surface area contributed by atoms with Crippen molar-refractivity contribution < 1.29 is 104 Å². The zero-order chi connectivity index (χ0) is 11.7. The number of aliphatic carboxylic acids is 1. The van der Waals surface area contributed by atoms with Crippen LogP contribution in [-0.2, 0) is 79.7 Å². The van der Waals surface area contributed by atoms with Crippen molar-refractivity contribution in [3.05, 3.63) is 0 Å². The molecule has 0 aliphatic carbocycles. The molecule has 18 heavy (non-hydrogen) atoms. The van der Waals surface area contributed by atoms with Crippen LogP contribution in [0.2, 0.25) is 0 Å². The number of carboxylic acid groups (broad SMARTS) is 1. The van der Waals surface area contributed by atoms with Crippen LogP contribution in [0.1, 0.15) is 14.4 Å². The van der Waals surface area contributed by atoms with Gasteiger partial charge in [-0.1, -0.05) is 13.9 Å². The Morgan fingerprint density at radius 3 is 1.33 bits per heavy atom. The van der Waals surface area contributed by atoms with Gasteiger partial charge >= 0.3 is 50.5 Å². The molecule has 0 aromatic heterocycles. The predicted octanol–water partition coefficient (Wildman–Crippen LogP) is 0.762. The maximum Gasteiger partial charge on any atom is 0 e. The van der Waals surface area contributed by atoms with Gasteiger partial charge in [-0.05, 0) is 0 Å². The van der Waals surface area contributed by atoms with Crippen molar-refractivity contribution in [1.82, 2.24) is 0 Å². The Bertz CT molecular complexity index is 100. The molecule has 3 N–H and O–H groups in total. The van der Waals surface area contributed by atoms with E-state index in [4.69, 9.17) is 14.7 Å². The SMILES string of the molecule is C.CC(=O)O.CO[C-]=O.I.II.I[I-]I.O.[Y].[Y]. The summed E-state index contributed by atoms with van der Waals surface area (Å²) in [7, 11) is 1.26. The van der Waals surface area contributed by atoms with Gasteiger partial charge in [0.1, 0.15) is 0 Å². The molecule has 114 valence electrons. The van der Waals surface area contributed by atoms with E-state index in [9.17, 15) is 0 Å². The first-order valence-electron chi connectivity index (χ1n) is 2.17. The van der Waals surface area contributed by atoms with Crippen LogP contribution in [-0.4, -0.2) is 30.1 Å². The van der Waals surface area contributed by atoms with E-state index in [2.05, 4.69) is 79.2 Å². The van der Waals surface area contributed by atoms with E-state index in [0.29, 0.717) is 13.3 Å². The van der Waals surface area contributed by atoms with Gasteiger partial charge < -0.3 is 20.1 Å². The first kappa shape index (κ1) is 56.6. The minimum Gasteiger partial charge on any atom is -0.412 e. The first-order valence-corrected chi connectivity index (χ1v) is 21.0. The number of halogens is 6. The van der Waals surface area contributed by atoms with Crippen molar-refractivity contribution in [2.75, 3.05) is 7.11 Å². The number of carboxylic acids is 1. The standard InChI is InChI=1S/C2H3O2.C2H4O2.CH4.I3.I2.HI.H2O.2Y/c1-4-2-3;1-2(3)4;;1-3-2;1-2;;;;/h1H3;1H3,(H,3,4);1H4;;;1H;1H2;;/q-1;;;-1;;;;;. The maximum atomic E-state index is 9.00. The molecule has 0 amide bonds. The third-order valence-electron chi connectivity index (χ3n) is 0.0833. The van der Waals surface area contributed by atoms with Crippen LogP contribution in [0.5, 0.6) is 0 Å². The van der Waals surface area contributed by atoms with Gasteiger partial charge in [0, 0.05) is 117 Å². The summed E-state index contributed by atoms with van der Waals surface area (Å²) in [6.45, 7) is 2.26. The van der Waals surface area contributed by atoms with Crippen molar-refractivity contribution in [3.8, 4) is 0 Å². The van der Waals surface area contributed by atoms with Crippen molar-refractivity contribution >= 4 is 111 Å². The predicted molar refractivity (Wildman–Crippen MR) is 108 cm³/mol. The molecule has 0 heterocycles. The fraction of sp³-hybridized carbons (Fsp3) is 0.600. The molecule has 0 atom stereocenters. The van der Waals surface area contributed by atoms with Gasteiger partial charge in [-0.25, -0.2) is 0 Å². The molecule has 0 saturated carbocycles. The number of ether oxygens (including phenoxy) is 1. The minimum atomic E-state index is -0.833. The van der Waals surface area contributed by atoms with E-state index in [1.54, 1.807) is 0 Å². The van der Waals surface area contributed by atoms with Gasteiger partial charge in [0.05, 0.1) is 0 Å². The van der Waals surface area contributed by atoms with Crippen molar-refractivity contribution in [2.24, 2.45) is 0 Å². The molecule has 0 unspecified atom stereocenters. The number of hydrogen-bond donors (Lipinski definition) is 1. The van der Waals surface area contributed by atoms with Crippen LogP contribution in [0.15, 0.2) is 0 Å². The van der Waals surface area contributed by atoms with E-state index in [-0.39, 0.29) is 102 Å². The Hall–Kier alpha value is 5.49. The zero-order valence-electron chi connectivity index (χ0n) is 8.62. The molecule has 13 heteroatoms. The molecule has 0 aromatic rings. The average molecular weight is 1090 g/mol. The quantitative estimate of drug-likeness (QED) is 0.311. The van der Waals surface area contributed by atoms with E-state index in [0.717, 1.165) is 6.92 Å². The summed E-state index contributed by atoms with van der Waals surface area (Å²) in [5.41, 5.74) is 0. The molecule has 5 nitrogen and oxygen atoms in total. The number of carbonyl (C=O) groups is 1. The van der Waals surface area contributed by atoms with Crippen molar-refractivity contribution in [2.45, 2.75) is 14.4 Å². The Morgan fingerprint density at radius 1 is 1.28 bits per heavy atom. The smallest absolute Gasteiger partial charge is 0 e. The molecule has 0 spiro atoms. The Labute approximate surface area is 229 Å². The summed E-state index contributed by atoms with van der Waals surface area (Å²) in [4.78, 5) is 17.8. The van der Waals surface area contributed by atoms with Gasteiger partial charge in [-0.15, -0.1) is 24.0 Å². The van der Waals surface area contributed by atoms with Gasteiger partial charge in [0.15, 0.2) is 0 Å². The van der Waals surface area contributed by atoms with E-state index in [1.165, 1.54) is 13.6 Å². The summed E-state index contributed by atoms with van der Waals surface area (Å²) in [5.74, 6) is -0.833. The van der Waals surface area contributed by atoms with Gasteiger partial charge in [0.25, 0.3) is 5.97 Å². The van der Waals surface area contributed by atoms with Gasteiger partial charge in [-0.3, -0.25) is 4.79 Å². The number of methoxy groups -OCH3 is 1. The number of carbonyl (C=O) groups excluding carboxylic acids is 1. The summed E-state index contributed by atoms with van der Waals surface area (Å²) >= 11 is 9.54. The third-order valence-corrected chi connectivity index (χ3v) is 0.0833. The Balaban J connectivity index is -0.00000000803. The normalized spacial score (nSPS) is 4.11. The molecule has 0 saturated heterocycles. The topological polar surface area (TPSA) is 95.1 Å². The van der Waals surface area contributed by atoms with Crippen LogP contribution in [0.4, 0.5) is 0 Å². The van der Waals surface area contributed by atoms with Crippen molar-refractivity contribution in [1.29, 1.82) is 0 Å². The van der Waals surface area contributed by atoms with E-state index in [1.807, 2.05) is 0 Å². The van der Waals surface area contributed by atoms with E-state index < -0.39 is 5.97 Å². The molecule has 0 aliphatic heterocycles. The monoisotopic (exact) mass is 1090 g/mol. The third kappa shape index (κ3) is 214.